The van der Waals surface area contributed by atoms with Crippen molar-refractivity contribution in [3.05, 3.63) is 12.2 Å². The maximum absolute atomic E-state index is 11.6. The number of carboxylic acids is 1. The van der Waals surface area contributed by atoms with E-state index in [0.717, 1.165) is 12.8 Å². The first-order valence-electron chi connectivity index (χ1n) is 7.38. The van der Waals surface area contributed by atoms with Crippen LogP contribution in [-0.2, 0) is 4.79 Å². The topological polar surface area (TPSA) is 96.2 Å². The van der Waals surface area contributed by atoms with Gasteiger partial charge in [0, 0.05) is 6.54 Å². The quantitative estimate of drug-likeness (QED) is 0.197. The second kappa shape index (κ2) is 14.8. The van der Waals surface area contributed by atoms with Crippen LogP contribution in [-0.4, -0.2) is 52.3 Å². The van der Waals surface area contributed by atoms with Gasteiger partial charge < -0.3 is 15.3 Å². The van der Waals surface area contributed by atoms with Crippen molar-refractivity contribution in [2.45, 2.75) is 58.6 Å². The normalized spacial score (nSPS) is 14.9. The van der Waals surface area contributed by atoms with Gasteiger partial charge in [-0.1, -0.05) is 25.5 Å². The Bertz CT molecular complexity index is 359. The molecule has 0 heterocycles. The Kier molecular flexibility index (Phi) is 16.5. The summed E-state index contributed by atoms with van der Waals surface area (Å²) in [6, 6.07) is -0.791. The number of rotatable bonds is 11. The van der Waals surface area contributed by atoms with Crippen molar-refractivity contribution in [3.63, 3.8) is 0 Å². The summed E-state index contributed by atoms with van der Waals surface area (Å²) in [4.78, 5) is 16.3. The van der Waals surface area contributed by atoms with Gasteiger partial charge in [0.25, 0.3) is 0 Å². The van der Waals surface area contributed by atoms with E-state index in [2.05, 4.69) is 11.9 Å². The molecule has 0 rings (SSSR count). The van der Waals surface area contributed by atoms with Crippen LogP contribution in [0.1, 0.15) is 46.5 Å². The number of carbonyl (C=O) groups is 1. The van der Waals surface area contributed by atoms with Gasteiger partial charge in [0.05, 0.1) is 12.8 Å². The first kappa shape index (κ1) is 24.5. The van der Waals surface area contributed by atoms with Gasteiger partial charge in [-0.05, 0) is 39.0 Å². The van der Waals surface area contributed by atoms with E-state index in [1.165, 1.54) is 11.8 Å². The van der Waals surface area contributed by atoms with Gasteiger partial charge in [-0.25, -0.2) is 0 Å². The summed E-state index contributed by atoms with van der Waals surface area (Å²) in [5.74, 6) is -1.25. The fourth-order valence-electron chi connectivity index (χ4n) is 1.69. The molecule has 0 aromatic heterocycles. The molecule has 2 N–H and O–H groups in total. The molecule has 0 aromatic carbocycles. The van der Waals surface area contributed by atoms with Crippen LogP contribution in [0.4, 0.5) is 0 Å². The molecule has 7 heteroatoms. The molecular weight excluding hydrogens is 311 g/mol. The summed E-state index contributed by atoms with van der Waals surface area (Å²) in [6.07, 6.45) is 6.38. The van der Waals surface area contributed by atoms with Gasteiger partial charge in [-0.15, -0.1) is 0 Å². The van der Waals surface area contributed by atoms with Gasteiger partial charge in [0.1, 0.15) is 6.04 Å². The molecule has 2 unspecified atom stereocenters. The minimum absolute atomic E-state index is 0. The summed E-state index contributed by atoms with van der Waals surface area (Å²) in [5, 5.41) is 30.0. The van der Waals surface area contributed by atoms with Crippen molar-refractivity contribution in [3.8, 4) is 0 Å². The maximum atomic E-state index is 11.6. The number of aliphatic carboxylic acids is 1. The predicted octanol–water partition coefficient (Wildman–Crippen LogP) is -2.00. The first-order valence-corrected chi connectivity index (χ1v) is 7.38. The summed E-state index contributed by atoms with van der Waals surface area (Å²) in [7, 11) is 0. The van der Waals surface area contributed by atoms with Crippen LogP contribution in [0.2, 0.25) is 0 Å². The van der Waals surface area contributed by atoms with Crippen molar-refractivity contribution in [2.75, 3.05) is 13.2 Å². The van der Waals surface area contributed by atoms with E-state index >= 15 is 0 Å². The Hall–Kier alpha value is 0.236. The van der Waals surface area contributed by atoms with Crippen LogP contribution in [0.5, 0.6) is 0 Å². The smallest absolute Gasteiger partial charge is 0.862 e. The van der Waals surface area contributed by atoms with Crippen molar-refractivity contribution in [1.29, 1.82) is 0 Å². The summed E-state index contributed by atoms with van der Waals surface area (Å²) < 4.78 is 0. The third-order valence-corrected chi connectivity index (χ3v) is 2.98. The number of hydrogen-bond donors (Lipinski definition) is 2. The zero-order chi connectivity index (χ0) is 16.3. The average Bonchev–Trinajstić information content (AvgIpc) is 2.41. The first-order chi connectivity index (χ1) is 9.88. The number of aliphatic hydroxyl groups is 1. The SMILES string of the molecule is CCC/C=C/CCC([O-])=NCN(CC(C)O)C(C)C(=O)O.[K+]. The number of hydrogen-bond acceptors (Lipinski definition) is 5. The molecule has 0 aliphatic carbocycles. The zero-order valence-electron chi connectivity index (χ0n) is 14.2. The number of aliphatic hydroxyl groups excluding tert-OH is 1. The standard InChI is InChI=1S/C15H28N2O4.K/c1-4-5-6-7-8-9-14(19)16-11-17(10-12(2)18)13(3)15(20)21;/h6-7,12-13,18H,4-5,8-11H2,1-3H3,(H,16,19)(H,20,21);/q;+1/p-1/b7-6+;. The molecule has 0 bridgehead atoms. The Labute approximate surface area is 175 Å². The van der Waals surface area contributed by atoms with Gasteiger partial charge >= 0.3 is 57.4 Å². The monoisotopic (exact) mass is 338 g/mol. The predicted molar refractivity (Wildman–Crippen MR) is 81.1 cm³/mol. The van der Waals surface area contributed by atoms with Crippen molar-refractivity contribution in [1.82, 2.24) is 4.90 Å². The summed E-state index contributed by atoms with van der Waals surface area (Å²) in [5.41, 5.74) is 0. The molecule has 22 heavy (non-hydrogen) atoms. The fourth-order valence-corrected chi connectivity index (χ4v) is 1.69. The Balaban J connectivity index is 0. The van der Waals surface area contributed by atoms with E-state index in [1.807, 2.05) is 12.2 Å². The maximum Gasteiger partial charge on any atom is 1.00 e. The second-order valence-electron chi connectivity index (χ2n) is 5.13. The number of carboxylic acid groups (broad SMARTS) is 1. The number of nitrogens with zero attached hydrogens (tertiary/aromatic N) is 2. The Morgan fingerprint density at radius 2 is 1.91 bits per heavy atom. The molecule has 0 fully saturated rings. The third kappa shape index (κ3) is 12.7. The minimum atomic E-state index is -0.999. The van der Waals surface area contributed by atoms with E-state index in [9.17, 15) is 15.0 Å². The van der Waals surface area contributed by atoms with Crippen LogP contribution < -0.4 is 56.5 Å². The van der Waals surface area contributed by atoms with Crippen molar-refractivity contribution in [2.24, 2.45) is 4.99 Å². The Morgan fingerprint density at radius 3 is 2.41 bits per heavy atom. The van der Waals surface area contributed by atoms with Gasteiger partial charge in [0.15, 0.2) is 0 Å². The van der Waals surface area contributed by atoms with Crippen molar-refractivity contribution < 1.29 is 71.5 Å². The molecule has 6 nitrogen and oxygen atoms in total. The van der Waals surface area contributed by atoms with Crippen LogP contribution in [0.3, 0.4) is 0 Å². The van der Waals surface area contributed by atoms with E-state index in [0.29, 0.717) is 12.8 Å². The average molecular weight is 338 g/mol. The van der Waals surface area contributed by atoms with Crippen LogP contribution in [0.25, 0.3) is 0 Å². The van der Waals surface area contributed by atoms with Gasteiger partial charge in [0.2, 0.25) is 0 Å². The van der Waals surface area contributed by atoms with Crippen molar-refractivity contribution >= 4 is 11.9 Å². The molecule has 0 spiro atoms. The van der Waals surface area contributed by atoms with Gasteiger partial charge in [-0.3, -0.25) is 14.7 Å². The Morgan fingerprint density at radius 1 is 1.32 bits per heavy atom. The van der Waals surface area contributed by atoms with Crippen LogP contribution in [0, 0.1) is 0 Å². The molecule has 0 radical (unpaired) electrons. The molecule has 0 saturated carbocycles. The summed E-state index contributed by atoms with van der Waals surface area (Å²) >= 11 is 0. The molecule has 0 amide bonds. The molecule has 0 saturated heterocycles. The van der Waals surface area contributed by atoms with E-state index in [1.54, 1.807) is 6.92 Å². The van der Waals surface area contributed by atoms with E-state index in [-0.39, 0.29) is 70.5 Å². The van der Waals surface area contributed by atoms with E-state index < -0.39 is 18.1 Å². The van der Waals surface area contributed by atoms with Crippen LogP contribution >= 0.6 is 0 Å². The molecule has 0 aliphatic heterocycles. The minimum Gasteiger partial charge on any atom is -0.862 e. The molecule has 0 aromatic rings. The van der Waals surface area contributed by atoms with E-state index in [4.69, 9.17) is 5.11 Å². The largest absolute Gasteiger partial charge is 1.00 e. The number of allylic oxidation sites excluding steroid dienone is 2. The number of unbranched alkanes of at least 4 members (excludes halogenated alkanes) is 1. The van der Waals surface area contributed by atoms with Gasteiger partial charge in [-0.2, -0.15) is 0 Å². The summed E-state index contributed by atoms with van der Waals surface area (Å²) in [6.45, 7) is 5.34. The molecule has 0 aliphatic rings. The fraction of sp³-hybridized carbons (Fsp3) is 0.733. The molecule has 2 atom stereocenters. The molecule has 122 valence electrons. The van der Waals surface area contributed by atoms with Crippen LogP contribution in [0.15, 0.2) is 17.1 Å². The zero-order valence-corrected chi connectivity index (χ0v) is 17.3. The molecular formula is C15H27KN2O4. The number of aliphatic imine (C=N–C) groups is 1. The third-order valence-electron chi connectivity index (χ3n) is 2.98. The second-order valence-corrected chi connectivity index (χ2v) is 5.13.